The largest absolute Gasteiger partial charge is 0.478 e. The molecule has 0 bridgehead atoms. The summed E-state index contributed by atoms with van der Waals surface area (Å²) in [5, 5.41) is 37.4. The molecule has 4 rings (SSSR count). The predicted octanol–water partition coefficient (Wildman–Crippen LogP) is 8.80. The van der Waals surface area contributed by atoms with Crippen molar-refractivity contribution in [2.75, 3.05) is 0 Å². The molecule has 4 N–H and O–H groups in total. The van der Waals surface area contributed by atoms with Crippen molar-refractivity contribution in [3.05, 3.63) is 118 Å². The van der Waals surface area contributed by atoms with Crippen LogP contribution in [-0.4, -0.2) is 44.3 Å². The van der Waals surface area contributed by atoms with Crippen molar-refractivity contribution in [2.45, 2.75) is 51.9 Å². The summed E-state index contributed by atoms with van der Waals surface area (Å²) in [6.45, 7) is 4.38. The lowest BCUT2D eigenvalue weighted by molar-refractivity contribution is 0.0651. The molecule has 1 unspecified atom stereocenters. The topological polar surface area (TPSA) is 168 Å². The number of unbranched alkanes of at least 4 members (excludes halogenated alkanes) is 3. The molecule has 4 aromatic carbocycles. The number of aromatic carboxylic acids is 4. The van der Waals surface area contributed by atoms with Gasteiger partial charge in [0.1, 0.15) is 23.0 Å². The van der Waals surface area contributed by atoms with Gasteiger partial charge in [-0.05, 0) is 84.1 Å². The first-order valence-electron chi connectivity index (χ1n) is 15.2. The molecule has 0 saturated carbocycles. The highest BCUT2D eigenvalue weighted by atomic mass is 16.5. The van der Waals surface area contributed by atoms with Crippen molar-refractivity contribution in [2.24, 2.45) is 5.92 Å². The third-order valence-electron chi connectivity index (χ3n) is 7.94. The molecule has 10 nitrogen and oxygen atoms in total. The van der Waals surface area contributed by atoms with Gasteiger partial charge in [-0.2, -0.15) is 0 Å². The molecule has 244 valence electrons. The molecule has 1 atom stereocenters. The fraction of sp³-hybridized carbons (Fsp3) is 0.243. The number of carboxylic acids is 4. The molecular formula is C37H36O10. The lowest BCUT2D eigenvalue weighted by Gasteiger charge is -2.26. The van der Waals surface area contributed by atoms with Crippen molar-refractivity contribution in [3.8, 4) is 23.0 Å². The minimum Gasteiger partial charge on any atom is -0.478 e. The van der Waals surface area contributed by atoms with Crippen LogP contribution in [0, 0.1) is 5.92 Å². The highest BCUT2D eigenvalue weighted by Gasteiger charge is 2.23. The molecule has 0 aliphatic carbocycles. The Bertz CT molecular complexity index is 1620. The first kappa shape index (κ1) is 34.2. The fourth-order valence-electron chi connectivity index (χ4n) is 5.57. The van der Waals surface area contributed by atoms with E-state index in [0.717, 1.165) is 36.8 Å². The summed E-state index contributed by atoms with van der Waals surface area (Å²) in [7, 11) is 0. The molecular weight excluding hydrogens is 604 g/mol. The maximum atomic E-state index is 11.6. The normalized spacial score (nSPS) is 11.6. The standard InChI is InChI=1S/C37H36O10/c1-3-4-5-6-7-22(2)33(23-8-12-25(13-9-23)46-27-16-18-29(34(38)39)31(20-27)36(42)43)24-10-14-26(15-11-24)47-28-17-19-30(35(40)41)32(21-28)37(44)45/h8-22,33H,3-7H2,1-2H3,(H,38,39)(H,40,41)(H,42,43)(H,44,45). The Labute approximate surface area is 271 Å². The second-order valence-electron chi connectivity index (χ2n) is 11.3. The molecule has 10 heteroatoms. The van der Waals surface area contributed by atoms with Gasteiger partial charge in [-0.15, -0.1) is 0 Å². The van der Waals surface area contributed by atoms with Crippen LogP contribution >= 0.6 is 0 Å². The molecule has 0 spiro atoms. The Morgan fingerprint density at radius 1 is 0.532 bits per heavy atom. The predicted molar refractivity (Wildman–Crippen MR) is 174 cm³/mol. The van der Waals surface area contributed by atoms with Crippen LogP contribution in [0.25, 0.3) is 0 Å². The van der Waals surface area contributed by atoms with E-state index in [1.54, 1.807) is 24.3 Å². The molecule has 47 heavy (non-hydrogen) atoms. The number of rotatable bonds is 16. The zero-order valence-electron chi connectivity index (χ0n) is 26.0. The van der Waals surface area contributed by atoms with Crippen LogP contribution in [-0.2, 0) is 0 Å². The monoisotopic (exact) mass is 640 g/mol. The van der Waals surface area contributed by atoms with Crippen LogP contribution in [0.2, 0.25) is 0 Å². The van der Waals surface area contributed by atoms with E-state index in [0.29, 0.717) is 11.5 Å². The van der Waals surface area contributed by atoms with Gasteiger partial charge in [-0.3, -0.25) is 0 Å². The van der Waals surface area contributed by atoms with Gasteiger partial charge in [0.15, 0.2) is 0 Å². The smallest absolute Gasteiger partial charge is 0.336 e. The quantitative estimate of drug-likeness (QED) is 0.0869. The van der Waals surface area contributed by atoms with E-state index >= 15 is 0 Å². The zero-order chi connectivity index (χ0) is 34.1. The SMILES string of the molecule is CCCCCCC(C)C(c1ccc(Oc2ccc(C(=O)O)c(C(=O)O)c2)cc1)c1ccc(Oc2ccc(C(=O)O)c(C(=O)O)c2)cc1. The third kappa shape index (κ3) is 8.76. The lowest BCUT2D eigenvalue weighted by atomic mass is 9.79. The molecule has 0 fully saturated rings. The maximum absolute atomic E-state index is 11.6. The minimum atomic E-state index is -1.36. The second-order valence-corrected chi connectivity index (χ2v) is 11.3. The number of benzene rings is 4. The van der Waals surface area contributed by atoms with Crippen LogP contribution in [0.3, 0.4) is 0 Å². The minimum absolute atomic E-state index is 0.0154. The average molecular weight is 641 g/mol. The van der Waals surface area contributed by atoms with Gasteiger partial charge in [-0.1, -0.05) is 63.8 Å². The van der Waals surface area contributed by atoms with Crippen molar-refractivity contribution >= 4 is 23.9 Å². The van der Waals surface area contributed by atoms with Crippen LogP contribution in [0.5, 0.6) is 23.0 Å². The highest BCUT2D eigenvalue weighted by Crippen LogP contribution is 2.37. The van der Waals surface area contributed by atoms with Gasteiger partial charge < -0.3 is 29.9 Å². The molecule has 0 radical (unpaired) electrons. The highest BCUT2D eigenvalue weighted by molar-refractivity contribution is 6.02. The van der Waals surface area contributed by atoms with E-state index in [1.807, 2.05) is 24.3 Å². The molecule has 0 heterocycles. The lowest BCUT2D eigenvalue weighted by Crippen LogP contribution is -2.12. The summed E-state index contributed by atoms with van der Waals surface area (Å²) in [5.41, 5.74) is 0.696. The van der Waals surface area contributed by atoms with Gasteiger partial charge in [0.25, 0.3) is 0 Å². The van der Waals surface area contributed by atoms with Crippen molar-refractivity contribution < 1.29 is 49.1 Å². The van der Waals surface area contributed by atoms with E-state index in [9.17, 15) is 39.6 Å². The van der Waals surface area contributed by atoms with E-state index in [2.05, 4.69) is 13.8 Å². The van der Waals surface area contributed by atoms with Crippen molar-refractivity contribution in [1.29, 1.82) is 0 Å². The van der Waals surface area contributed by atoms with E-state index in [1.165, 1.54) is 42.8 Å². The summed E-state index contributed by atoms with van der Waals surface area (Å²) in [6.07, 6.45) is 5.54. The van der Waals surface area contributed by atoms with Gasteiger partial charge in [0.2, 0.25) is 0 Å². The third-order valence-corrected chi connectivity index (χ3v) is 7.94. The molecule has 0 amide bonds. The molecule has 0 aliphatic heterocycles. The van der Waals surface area contributed by atoms with Crippen molar-refractivity contribution in [3.63, 3.8) is 0 Å². The summed E-state index contributed by atoms with van der Waals surface area (Å²) in [5.74, 6) is -3.80. The van der Waals surface area contributed by atoms with Gasteiger partial charge in [-0.25, -0.2) is 19.2 Å². The Hall–Kier alpha value is -5.64. The van der Waals surface area contributed by atoms with Gasteiger partial charge in [0, 0.05) is 5.92 Å². The molecule has 0 saturated heterocycles. The molecule has 4 aromatic rings. The maximum Gasteiger partial charge on any atom is 0.336 e. The summed E-state index contributed by atoms with van der Waals surface area (Å²) < 4.78 is 11.7. The van der Waals surface area contributed by atoms with Crippen molar-refractivity contribution in [1.82, 2.24) is 0 Å². The van der Waals surface area contributed by atoms with E-state index in [-0.39, 0.29) is 45.6 Å². The van der Waals surface area contributed by atoms with Crippen LogP contribution in [0.1, 0.15) is 104 Å². The number of ether oxygens (including phenoxy) is 2. The zero-order valence-corrected chi connectivity index (χ0v) is 26.0. The second kappa shape index (κ2) is 15.6. The van der Waals surface area contributed by atoms with Crippen LogP contribution < -0.4 is 9.47 Å². The van der Waals surface area contributed by atoms with Gasteiger partial charge >= 0.3 is 23.9 Å². The fourth-order valence-corrected chi connectivity index (χ4v) is 5.57. The number of carboxylic acid groups (broad SMARTS) is 4. The van der Waals surface area contributed by atoms with Crippen LogP contribution in [0.15, 0.2) is 84.9 Å². The number of hydrogen-bond donors (Lipinski definition) is 4. The van der Waals surface area contributed by atoms with E-state index < -0.39 is 23.9 Å². The summed E-state index contributed by atoms with van der Waals surface area (Å²) in [4.78, 5) is 45.9. The molecule has 0 aromatic heterocycles. The Morgan fingerprint density at radius 2 is 0.915 bits per heavy atom. The first-order chi connectivity index (χ1) is 22.5. The molecule has 0 aliphatic rings. The Morgan fingerprint density at radius 3 is 1.28 bits per heavy atom. The Balaban J connectivity index is 1.57. The first-order valence-corrected chi connectivity index (χ1v) is 15.2. The number of carbonyl (C=O) groups is 4. The number of hydrogen-bond acceptors (Lipinski definition) is 6. The summed E-state index contributed by atoms with van der Waals surface area (Å²) >= 11 is 0. The average Bonchev–Trinajstić information content (AvgIpc) is 3.04. The van der Waals surface area contributed by atoms with E-state index in [4.69, 9.17) is 9.47 Å². The Kier molecular flexibility index (Phi) is 11.3. The van der Waals surface area contributed by atoms with Crippen LogP contribution in [0.4, 0.5) is 0 Å². The van der Waals surface area contributed by atoms with Gasteiger partial charge in [0.05, 0.1) is 22.3 Å². The summed E-state index contributed by atoms with van der Waals surface area (Å²) in [6, 6.07) is 22.6.